The number of urea groups is 1. The molecule has 0 saturated heterocycles. The fraction of sp³-hybridized carbons (Fsp3) is 0.500. The van der Waals surface area contributed by atoms with Crippen molar-refractivity contribution in [2.24, 2.45) is 0 Å². The van der Waals surface area contributed by atoms with E-state index in [1.807, 2.05) is 13.8 Å². The third-order valence-electron chi connectivity index (χ3n) is 2.17. The van der Waals surface area contributed by atoms with Gasteiger partial charge >= 0.3 is 12.0 Å². The number of nitrogens with zero attached hydrogens (tertiary/aromatic N) is 1. The molecule has 6 nitrogen and oxygen atoms in total. The van der Waals surface area contributed by atoms with E-state index in [2.05, 4.69) is 15.6 Å². The number of hydrogen-bond acceptors (Lipinski definition) is 4. The fourth-order valence-electron chi connectivity index (χ4n) is 1.20. The summed E-state index contributed by atoms with van der Waals surface area (Å²) >= 11 is 1.37. The summed E-state index contributed by atoms with van der Waals surface area (Å²) in [6.07, 6.45) is 0.803. The van der Waals surface area contributed by atoms with Crippen LogP contribution in [0.4, 0.5) is 9.93 Å². The van der Waals surface area contributed by atoms with Gasteiger partial charge in [0.05, 0.1) is 5.69 Å². The number of rotatable bonds is 4. The van der Waals surface area contributed by atoms with Crippen molar-refractivity contribution in [2.75, 3.05) is 5.32 Å². The molecule has 7 heteroatoms. The van der Waals surface area contributed by atoms with Gasteiger partial charge in [-0.3, -0.25) is 10.1 Å². The van der Waals surface area contributed by atoms with Crippen molar-refractivity contribution >= 4 is 28.5 Å². The Balaban J connectivity index is 2.59. The number of carbonyl (C=O) groups excluding carboxylic acids is 1. The van der Waals surface area contributed by atoms with Crippen molar-refractivity contribution in [3.05, 3.63) is 10.6 Å². The minimum absolute atomic E-state index is 0.481. The first-order valence-electron chi connectivity index (χ1n) is 5.20. The lowest BCUT2D eigenvalue weighted by molar-refractivity contribution is -0.138. The monoisotopic (exact) mass is 257 g/mol. The van der Waals surface area contributed by atoms with Gasteiger partial charge in [-0.1, -0.05) is 6.92 Å². The summed E-state index contributed by atoms with van der Waals surface area (Å²) < 4.78 is 0. The van der Waals surface area contributed by atoms with E-state index < -0.39 is 18.0 Å². The first-order chi connectivity index (χ1) is 7.93. The lowest BCUT2D eigenvalue weighted by Gasteiger charge is -2.08. The topological polar surface area (TPSA) is 91.3 Å². The van der Waals surface area contributed by atoms with E-state index in [4.69, 9.17) is 5.11 Å². The smallest absolute Gasteiger partial charge is 0.325 e. The molecule has 94 valence electrons. The van der Waals surface area contributed by atoms with Gasteiger partial charge in [-0.2, -0.15) is 0 Å². The predicted molar refractivity (Wildman–Crippen MR) is 65.5 cm³/mol. The first kappa shape index (κ1) is 13.4. The van der Waals surface area contributed by atoms with Crippen molar-refractivity contribution in [3.63, 3.8) is 0 Å². The second-order valence-corrected chi connectivity index (χ2v) is 4.74. The molecule has 0 spiro atoms. The van der Waals surface area contributed by atoms with Crippen LogP contribution in [0, 0.1) is 6.92 Å². The minimum atomic E-state index is -1.08. The zero-order valence-electron chi connectivity index (χ0n) is 9.90. The highest BCUT2D eigenvalue weighted by Crippen LogP contribution is 2.22. The molecule has 1 aromatic heterocycles. The molecule has 0 aromatic carbocycles. The summed E-state index contributed by atoms with van der Waals surface area (Å²) in [5.74, 6) is -1.08. The summed E-state index contributed by atoms with van der Waals surface area (Å²) in [6.45, 7) is 5.31. The Bertz CT molecular complexity index is 430. The Morgan fingerprint density at radius 2 is 2.18 bits per heavy atom. The maximum atomic E-state index is 11.4. The number of thiazole rings is 1. The second-order valence-electron chi connectivity index (χ2n) is 3.53. The summed E-state index contributed by atoms with van der Waals surface area (Å²) in [5.41, 5.74) is 0.941. The van der Waals surface area contributed by atoms with Gasteiger partial charge < -0.3 is 10.4 Å². The average molecular weight is 257 g/mol. The van der Waals surface area contributed by atoms with Crippen LogP contribution in [0.2, 0.25) is 0 Å². The molecule has 0 bridgehead atoms. The number of aryl methyl sites for hydroxylation is 2. The van der Waals surface area contributed by atoms with Crippen molar-refractivity contribution in [3.8, 4) is 0 Å². The quantitative estimate of drug-likeness (QED) is 0.764. The van der Waals surface area contributed by atoms with Gasteiger partial charge in [0.25, 0.3) is 0 Å². The van der Waals surface area contributed by atoms with Gasteiger partial charge in [-0.15, -0.1) is 11.3 Å². The molecule has 1 heterocycles. The van der Waals surface area contributed by atoms with E-state index in [0.29, 0.717) is 5.13 Å². The Kier molecular flexibility index (Phi) is 4.45. The molecule has 17 heavy (non-hydrogen) atoms. The van der Waals surface area contributed by atoms with Crippen LogP contribution in [0.15, 0.2) is 0 Å². The fourth-order valence-corrected chi connectivity index (χ4v) is 2.10. The maximum absolute atomic E-state index is 11.4. The Labute approximate surface area is 103 Å². The largest absolute Gasteiger partial charge is 0.480 e. The zero-order valence-corrected chi connectivity index (χ0v) is 10.7. The molecule has 1 atom stereocenters. The predicted octanol–water partition coefficient (Wildman–Crippen LogP) is 1.61. The Hall–Kier alpha value is -1.63. The molecule has 0 saturated carbocycles. The van der Waals surface area contributed by atoms with Gasteiger partial charge in [-0.25, -0.2) is 9.78 Å². The SMILES string of the molecule is CCc1nc(NC(=O)N[C@H](C)C(=O)O)sc1C. The third kappa shape index (κ3) is 3.70. The van der Waals surface area contributed by atoms with Crippen LogP contribution < -0.4 is 10.6 Å². The van der Waals surface area contributed by atoms with E-state index in [1.54, 1.807) is 0 Å². The van der Waals surface area contributed by atoms with Gasteiger partial charge in [0, 0.05) is 4.88 Å². The number of carboxylic acid groups (broad SMARTS) is 1. The summed E-state index contributed by atoms with van der Waals surface area (Å²) in [4.78, 5) is 27.2. The van der Waals surface area contributed by atoms with Crippen LogP contribution in [0.5, 0.6) is 0 Å². The number of nitrogens with one attached hydrogen (secondary N) is 2. The normalized spacial score (nSPS) is 11.9. The van der Waals surface area contributed by atoms with Crippen molar-refractivity contribution in [1.82, 2.24) is 10.3 Å². The van der Waals surface area contributed by atoms with Gasteiger partial charge in [0.1, 0.15) is 6.04 Å². The number of amides is 2. The summed E-state index contributed by atoms with van der Waals surface area (Å²) in [7, 11) is 0. The van der Waals surface area contributed by atoms with Gasteiger partial charge in [0.15, 0.2) is 5.13 Å². The van der Waals surface area contributed by atoms with Crippen LogP contribution in [-0.4, -0.2) is 28.1 Å². The molecule has 1 rings (SSSR count). The standard InChI is InChI=1S/C10H15N3O3S/c1-4-7-6(3)17-10(12-7)13-9(16)11-5(2)8(14)15/h5H,4H2,1-3H3,(H,14,15)(H2,11,12,13,16)/t5-/m1/s1. The van der Waals surface area contributed by atoms with Gasteiger partial charge in [0.2, 0.25) is 0 Å². The van der Waals surface area contributed by atoms with E-state index >= 15 is 0 Å². The van der Waals surface area contributed by atoms with Gasteiger partial charge in [-0.05, 0) is 20.3 Å². The highest BCUT2D eigenvalue weighted by molar-refractivity contribution is 7.15. The Morgan fingerprint density at radius 3 is 2.65 bits per heavy atom. The van der Waals surface area contributed by atoms with E-state index in [0.717, 1.165) is 17.0 Å². The van der Waals surface area contributed by atoms with Crippen LogP contribution in [0.1, 0.15) is 24.4 Å². The Morgan fingerprint density at radius 1 is 1.53 bits per heavy atom. The van der Waals surface area contributed by atoms with Crippen molar-refractivity contribution < 1.29 is 14.7 Å². The summed E-state index contributed by atoms with van der Waals surface area (Å²) in [6, 6.07) is -1.49. The first-order valence-corrected chi connectivity index (χ1v) is 6.02. The molecule has 0 aliphatic heterocycles. The molecular weight excluding hydrogens is 242 g/mol. The van der Waals surface area contributed by atoms with Crippen LogP contribution in [0.25, 0.3) is 0 Å². The van der Waals surface area contributed by atoms with Crippen LogP contribution >= 0.6 is 11.3 Å². The van der Waals surface area contributed by atoms with E-state index in [-0.39, 0.29) is 0 Å². The molecule has 0 unspecified atom stereocenters. The average Bonchev–Trinajstić information content (AvgIpc) is 2.58. The minimum Gasteiger partial charge on any atom is -0.480 e. The van der Waals surface area contributed by atoms with Crippen LogP contribution in [0.3, 0.4) is 0 Å². The molecule has 0 aliphatic carbocycles. The van der Waals surface area contributed by atoms with Crippen molar-refractivity contribution in [1.29, 1.82) is 0 Å². The highest BCUT2D eigenvalue weighted by atomic mass is 32.1. The molecular formula is C10H15N3O3S. The van der Waals surface area contributed by atoms with E-state index in [9.17, 15) is 9.59 Å². The number of hydrogen-bond donors (Lipinski definition) is 3. The molecule has 0 radical (unpaired) electrons. The maximum Gasteiger partial charge on any atom is 0.325 e. The third-order valence-corrected chi connectivity index (χ3v) is 3.09. The highest BCUT2D eigenvalue weighted by Gasteiger charge is 2.15. The summed E-state index contributed by atoms with van der Waals surface area (Å²) in [5, 5.41) is 13.9. The molecule has 0 fully saturated rings. The lowest BCUT2D eigenvalue weighted by Crippen LogP contribution is -2.40. The molecule has 3 N–H and O–H groups in total. The number of aliphatic carboxylic acids is 1. The number of carboxylic acids is 1. The lowest BCUT2D eigenvalue weighted by atomic mass is 10.3. The van der Waals surface area contributed by atoms with Crippen LogP contribution in [-0.2, 0) is 11.2 Å². The second kappa shape index (κ2) is 5.62. The van der Waals surface area contributed by atoms with Crippen molar-refractivity contribution in [2.45, 2.75) is 33.2 Å². The molecule has 2 amide bonds. The van der Waals surface area contributed by atoms with E-state index in [1.165, 1.54) is 18.3 Å². The number of carbonyl (C=O) groups is 2. The molecule has 1 aromatic rings. The number of aromatic nitrogens is 1. The zero-order chi connectivity index (χ0) is 13.0. The molecule has 0 aliphatic rings. The number of anilines is 1.